The first-order chi connectivity index (χ1) is 9.76. The van der Waals surface area contributed by atoms with Crippen molar-refractivity contribution in [3.05, 3.63) is 65.7 Å². The smallest absolute Gasteiger partial charge is 0.119 e. The molecule has 3 heteroatoms. The summed E-state index contributed by atoms with van der Waals surface area (Å²) in [7, 11) is 1.71. The van der Waals surface area contributed by atoms with Crippen LogP contribution in [-0.2, 0) is 0 Å². The molecule has 0 aromatic heterocycles. The number of aliphatic imine (C=N–C) groups is 1. The summed E-state index contributed by atoms with van der Waals surface area (Å²) in [6.45, 7) is 2.59. The molecule has 0 bridgehead atoms. The van der Waals surface area contributed by atoms with Gasteiger partial charge in [-0.3, -0.25) is 10.4 Å². The third-order valence-corrected chi connectivity index (χ3v) is 2.96. The van der Waals surface area contributed by atoms with Gasteiger partial charge in [0.15, 0.2) is 0 Å². The van der Waals surface area contributed by atoms with Gasteiger partial charge in [-0.1, -0.05) is 30.3 Å². The molecule has 0 aliphatic carbocycles. The summed E-state index contributed by atoms with van der Waals surface area (Å²) in [5, 5.41) is 8.33. The Labute approximate surface area is 119 Å². The molecule has 0 unspecified atom stereocenters. The highest BCUT2D eigenvalue weighted by Gasteiger charge is 2.11. The topological polar surface area (TPSA) is 45.4 Å². The van der Waals surface area contributed by atoms with E-state index in [4.69, 9.17) is 10.1 Å². The molecule has 3 nitrogen and oxygen atoms in total. The minimum absolute atomic E-state index is 0.418. The molecule has 2 aromatic rings. The Morgan fingerprint density at radius 1 is 1.00 bits per heavy atom. The number of hydrogen-bond donors (Lipinski definition) is 1. The van der Waals surface area contributed by atoms with E-state index < -0.39 is 0 Å². The van der Waals surface area contributed by atoms with E-state index >= 15 is 0 Å². The Kier molecular flexibility index (Phi) is 4.66. The van der Waals surface area contributed by atoms with Gasteiger partial charge >= 0.3 is 0 Å². The first kappa shape index (κ1) is 14.0. The lowest BCUT2D eigenvalue weighted by atomic mass is 10.00. The molecule has 2 aromatic carbocycles. The minimum Gasteiger partial charge on any atom is -0.494 e. The molecule has 1 N–H and O–H groups in total. The molecule has 0 aliphatic rings. The number of hydrogen-bond acceptors (Lipinski definition) is 3. The van der Waals surface area contributed by atoms with E-state index in [9.17, 15) is 0 Å². The summed E-state index contributed by atoms with van der Waals surface area (Å²) in [5.41, 5.74) is 2.89. The fourth-order valence-corrected chi connectivity index (χ4v) is 2.00. The molecule has 0 atom stereocenters. The molecular formula is C17H18N2O. The van der Waals surface area contributed by atoms with Crippen LogP contribution in [0.3, 0.4) is 0 Å². The van der Waals surface area contributed by atoms with Gasteiger partial charge in [-0.15, -0.1) is 0 Å². The van der Waals surface area contributed by atoms with Gasteiger partial charge in [-0.2, -0.15) is 0 Å². The monoisotopic (exact) mass is 266 g/mol. The molecule has 0 radical (unpaired) electrons. The maximum Gasteiger partial charge on any atom is 0.119 e. The van der Waals surface area contributed by atoms with Crippen LogP contribution in [0.4, 0.5) is 0 Å². The second kappa shape index (κ2) is 6.66. The second-order valence-corrected chi connectivity index (χ2v) is 4.27. The highest BCUT2D eigenvalue weighted by Crippen LogP contribution is 2.14. The van der Waals surface area contributed by atoms with Gasteiger partial charge in [0.2, 0.25) is 0 Å². The second-order valence-electron chi connectivity index (χ2n) is 4.27. The van der Waals surface area contributed by atoms with Crippen LogP contribution in [0, 0.1) is 5.41 Å². The van der Waals surface area contributed by atoms with Crippen LogP contribution in [0.5, 0.6) is 5.75 Å². The predicted molar refractivity (Wildman–Crippen MR) is 83.3 cm³/mol. The van der Waals surface area contributed by atoms with E-state index in [1.807, 2.05) is 61.5 Å². The quantitative estimate of drug-likeness (QED) is 0.826. The van der Waals surface area contributed by atoms with Crippen LogP contribution in [0.2, 0.25) is 0 Å². The summed E-state index contributed by atoms with van der Waals surface area (Å²) < 4.78 is 5.41. The largest absolute Gasteiger partial charge is 0.494 e. The number of rotatable bonds is 5. The Morgan fingerprint density at radius 3 is 2.20 bits per heavy atom. The molecule has 0 amide bonds. The number of nitrogens with one attached hydrogen (secondary N) is 1. The van der Waals surface area contributed by atoms with E-state index in [0.29, 0.717) is 18.0 Å². The van der Waals surface area contributed by atoms with Crippen molar-refractivity contribution >= 4 is 11.4 Å². The van der Waals surface area contributed by atoms with Crippen molar-refractivity contribution in [3.8, 4) is 5.75 Å². The first-order valence-electron chi connectivity index (χ1n) is 6.60. The van der Waals surface area contributed by atoms with E-state index in [-0.39, 0.29) is 0 Å². The van der Waals surface area contributed by atoms with Gasteiger partial charge in [0.25, 0.3) is 0 Å². The van der Waals surface area contributed by atoms with Gasteiger partial charge in [0.1, 0.15) is 5.75 Å². The standard InChI is InChI=1S/C17H18N2O/c1-3-20-15-11-9-13(10-12-15)16(18)17(19-2)14-7-5-4-6-8-14/h4-12,18H,3H2,1-2H3. The van der Waals surface area contributed by atoms with Gasteiger partial charge in [-0.25, -0.2) is 0 Å². The van der Waals surface area contributed by atoms with Gasteiger partial charge in [-0.05, 0) is 31.2 Å². The Balaban J connectivity index is 2.26. The molecular weight excluding hydrogens is 248 g/mol. The molecule has 0 heterocycles. The normalized spacial score (nSPS) is 11.2. The van der Waals surface area contributed by atoms with Crippen molar-refractivity contribution < 1.29 is 4.74 Å². The number of nitrogens with zero attached hydrogens (tertiary/aromatic N) is 1. The van der Waals surface area contributed by atoms with Crippen molar-refractivity contribution in [1.82, 2.24) is 0 Å². The van der Waals surface area contributed by atoms with Crippen LogP contribution in [0.15, 0.2) is 59.6 Å². The lowest BCUT2D eigenvalue weighted by molar-refractivity contribution is 0.340. The SMILES string of the molecule is CCOc1ccc(C(=N)C(=NC)c2ccccc2)cc1. The zero-order chi connectivity index (χ0) is 14.4. The molecule has 0 saturated heterocycles. The van der Waals surface area contributed by atoms with Crippen molar-refractivity contribution in [2.24, 2.45) is 4.99 Å². The maximum atomic E-state index is 8.33. The van der Waals surface area contributed by atoms with Crippen LogP contribution >= 0.6 is 0 Å². The zero-order valence-electron chi connectivity index (χ0n) is 11.8. The first-order valence-corrected chi connectivity index (χ1v) is 6.60. The van der Waals surface area contributed by atoms with Gasteiger partial charge < -0.3 is 4.74 Å². The Hall–Kier alpha value is -2.42. The summed E-state index contributed by atoms with van der Waals surface area (Å²) in [5.74, 6) is 0.818. The third kappa shape index (κ3) is 3.12. The molecule has 2 rings (SSSR count). The van der Waals surface area contributed by atoms with E-state index in [1.54, 1.807) is 7.05 Å². The van der Waals surface area contributed by atoms with Crippen molar-refractivity contribution in [1.29, 1.82) is 5.41 Å². The van der Waals surface area contributed by atoms with E-state index in [0.717, 1.165) is 16.9 Å². The van der Waals surface area contributed by atoms with Gasteiger partial charge in [0.05, 0.1) is 18.0 Å². The minimum atomic E-state index is 0.418. The zero-order valence-corrected chi connectivity index (χ0v) is 11.8. The fraction of sp³-hybridized carbons (Fsp3) is 0.176. The number of ether oxygens (including phenoxy) is 1. The third-order valence-electron chi connectivity index (χ3n) is 2.96. The lowest BCUT2D eigenvalue weighted by Gasteiger charge is -2.09. The molecule has 0 aliphatic heterocycles. The maximum absolute atomic E-state index is 8.33. The highest BCUT2D eigenvalue weighted by atomic mass is 16.5. The molecule has 0 spiro atoms. The average molecular weight is 266 g/mol. The summed E-state index contributed by atoms with van der Waals surface area (Å²) in [6.07, 6.45) is 0. The summed E-state index contributed by atoms with van der Waals surface area (Å²) >= 11 is 0. The lowest BCUT2D eigenvalue weighted by Crippen LogP contribution is -2.15. The van der Waals surface area contributed by atoms with Crippen LogP contribution in [-0.4, -0.2) is 25.1 Å². The van der Waals surface area contributed by atoms with Crippen LogP contribution < -0.4 is 4.74 Å². The van der Waals surface area contributed by atoms with Crippen molar-refractivity contribution in [2.45, 2.75) is 6.92 Å². The van der Waals surface area contributed by atoms with Crippen molar-refractivity contribution in [3.63, 3.8) is 0 Å². The molecule has 102 valence electrons. The highest BCUT2D eigenvalue weighted by molar-refractivity contribution is 6.52. The van der Waals surface area contributed by atoms with E-state index in [2.05, 4.69) is 4.99 Å². The van der Waals surface area contributed by atoms with Gasteiger partial charge in [0, 0.05) is 18.2 Å². The predicted octanol–water partition coefficient (Wildman–Crippen LogP) is 3.57. The average Bonchev–Trinajstić information content (AvgIpc) is 2.50. The number of benzene rings is 2. The Bertz CT molecular complexity index is 601. The van der Waals surface area contributed by atoms with Crippen LogP contribution in [0.1, 0.15) is 18.1 Å². The fourth-order valence-electron chi connectivity index (χ4n) is 2.00. The molecule has 20 heavy (non-hydrogen) atoms. The molecule has 0 saturated carbocycles. The van der Waals surface area contributed by atoms with Crippen molar-refractivity contribution in [2.75, 3.05) is 13.7 Å². The van der Waals surface area contributed by atoms with E-state index in [1.165, 1.54) is 0 Å². The Morgan fingerprint density at radius 2 is 1.65 bits per heavy atom. The summed E-state index contributed by atoms with van der Waals surface area (Å²) in [6, 6.07) is 17.3. The molecule has 0 fully saturated rings. The van der Waals surface area contributed by atoms with Crippen LogP contribution in [0.25, 0.3) is 0 Å². The summed E-state index contributed by atoms with van der Waals surface area (Å²) in [4.78, 5) is 4.25.